The SMILES string of the molecule is Cc1ccc(NC(=O)N[C@@H]2CCN(c3ccccc3)C2=O)c(C)c1. The molecule has 0 saturated carbocycles. The second kappa shape index (κ2) is 6.74. The molecule has 3 amide bonds. The summed E-state index contributed by atoms with van der Waals surface area (Å²) in [6.07, 6.45) is 0.605. The number of benzene rings is 2. The molecule has 124 valence electrons. The van der Waals surface area contributed by atoms with Crippen LogP contribution in [-0.4, -0.2) is 24.5 Å². The molecule has 1 heterocycles. The number of amides is 3. The van der Waals surface area contributed by atoms with Crippen molar-refractivity contribution < 1.29 is 9.59 Å². The molecule has 2 aromatic carbocycles. The second-order valence-electron chi connectivity index (χ2n) is 6.08. The molecule has 3 rings (SSSR count). The summed E-state index contributed by atoms with van der Waals surface area (Å²) in [7, 11) is 0. The number of carbonyl (C=O) groups is 2. The maximum atomic E-state index is 12.5. The van der Waals surface area contributed by atoms with Gasteiger partial charge in [0.1, 0.15) is 6.04 Å². The highest BCUT2D eigenvalue weighted by atomic mass is 16.2. The fraction of sp³-hybridized carbons (Fsp3) is 0.263. The number of nitrogens with zero attached hydrogens (tertiary/aromatic N) is 1. The van der Waals surface area contributed by atoms with E-state index < -0.39 is 6.04 Å². The van der Waals surface area contributed by atoms with E-state index in [2.05, 4.69) is 10.6 Å². The van der Waals surface area contributed by atoms with Crippen LogP contribution >= 0.6 is 0 Å². The summed E-state index contributed by atoms with van der Waals surface area (Å²) in [5, 5.41) is 5.60. The second-order valence-corrected chi connectivity index (χ2v) is 6.08. The highest BCUT2D eigenvalue weighted by Crippen LogP contribution is 2.21. The van der Waals surface area contributed by atoms with Crippen molar-refractivity contribution in [1.82, 2.24) is 5.32 Å². The molecule has 1 saturated heterocycles. The number of hydrogen-bond acceptors (Lipinski definition) is 2. The van der Waals surface area contributed by atoms with Gasteiger partial charge in [-0.1, -0.05) is 35.9 Å². The third-order valence-corrected chi connectivity index (χ3v) is 4.21. The van der Waals surface area contributed by atoms with Crippen LogP contribution in [0.1, 0.15) is 17.5 Å². The van der Waals surface area contributed by atoms with Crippen molar-refractivity contribution >= 4 is 23.3 Å². The molecule has 0 aromatic heterocycles. The Bertz CT molecular complexity index is 758. The lowest BCUT2D eigenvalue weighted by atomic mass is 10.1. The molecule has 0 aliphatic carbocycles. The van der Waals surface area contributed by atoms with Gasteiger partial charge in [-0.2, -0.15) is 0 Å². The molecular weight excluding hydrogens is 302 g/mol. The van der Waals surface area contributed by atoms with Crippen LogP contribution in [-0.2, 0) is 4.79 Å². The van der Waals surface area contributed by atoms with E-state index in [0.717, 1.165) is 22.5 Å². The Morgan fingerprint density at radius 2 is 1.88 bits per heavy atom. The van der Waals surface area contributed by atoms with Crippen molar-refractivity contribution in [2.75, 3.05) is 16.8 Å². The van der Waals surface area contributed by atoms with E-state index in [1.807, 2.05) is 62.4 Å². The Hall–Kier alpha value is -2.82. The van der Waals surface area contributed by atoms with Crippen LogP contribution in [0.15, 0.2) is 48.5 Å². The van der Waals surface area contributed by atoms with Crippen molar-refractivity contribution in [2.24, 2.45) is 0 Å². The Morgan fingerprint density at radius 3 is 2.58 bits per heavy atom. The molecule has 1 aliphatic heterocycles. The van der Waals surface area contributed by atoms with Crippen LogP contribution in [0.3, 0.4) is 0 Å². The highest BCUT2D eigenvalue weighted by molar-refractivity contribution is 6.02. The Morgan fingerprint density at radius 1 is 1.12 bits per heavy atom. The summed E-state index contributed by atoms with van der Waals surface area (Å²) >= 11 is 0. The van der Waals surface area contributed by atoms with Crippen LogP contribution in [0.2, 0.25) is 0 Å². The van der Waals surface area contributed by atoms with Gasteiger partial charge >= 0.3 is 6.03 Å². The third kappa shape index (κ3) is 3.40. The van der Waals surface area contributed by atoms with Crippen LogP contribution in [0, 0.1) is 13.8 Å². The maximum absolute atomic E-state index is 12.5. The van der Waals surface area contributed by atoms with Gasteiger partial charge in [0.05, 0.1) is 0 Å². The highest BCUT2D eigenvalue weighted by Gasteiger charge is 2.33. The lowest BCUT2D eigenvalue weighted by Crippen LogP contribution is -2.43. The zero-order valence-electron chi connectivity index (χ0n) is 13.9. The van der Waals surface area contributed by atoms with E-state index in [1.54, 1.807) is 4.90 Å². The summed E-state index contributed by atoms with van der Waals surface area (Å²) in [6.45, 7) is 4.56. The lowest BCUT2D eigenvalue weighted by molar-refractivity contribution is -0.118. The molecule has 0 bridgehead atoms. The Kier molecular flexibility index (Phi) is 4.51. The first kappa shape index (κ1) is 16.1. The number of nitrogens with one attached hydrogen (secondary N) is 2. The molecule has 0 unspecified atom stereocenters. The lowest BCUT2D eigenvalue weighted by Gasteiger charge is -2.17. The van der Waals surface area contributed by atoms with E-state index in [-0.39, 0.29) is 11.9 Å². The van der Waals surface area contributed by atoms with Crippen molar-refractivity contribution in [1.29, 1.82) is 0 Å². The zero-order valence-corrected chi connectivity index (χ0v) is 13.9. The molecule has 2 aromatic rings. The monoisotopic (exact) mass is 323 g/mol. The van der Waals surface area contributed by atoms with Gasteiger partial charge in [0.15, 0.2) is 0 Å². The quantitative estimate of drug-likeness (QED) is 0.911. The molecule has 5 nitrogen and oxygen atoms in total. The number of urea groups is 1. The molecule has 2 N–H and O–H groups in total. The van der Waals surface area contributed by atoms with Crippen LogP contribution in [0.4, 0.5) is 16.2 Å². The molecule has 5 heteroatoms. The first-order valence-corrected chi connectivity index (χ1v) is 8.06. The fourth-order valence-electron chi connectivity index (χ4n) is 2.95. The molecule has 0 spiro atoms. The van der Waals surface area contributed by atoms with Crippen molar-refractivity contribution in [3.05, 3.63) is 59.7 Å². The summed E-state index contributed by atoms with van der Waals surface area (Å²) in [6, 6.07) is 14.5. The van der Waals surface area contributed by atoms with Gasteiger partial charge in [-0.15, -0.1) is 0 Å². The summed E-state index contributed by atoms with van der Waals surface area (Å²) in [5.74, 6) is -0.0722. The predicted molar refractivity (Wildman–Crippen MR) is 95.3 cm³/mol. The Labute approximate surface area is 141 Å². The zero-order chi connectivity index (χ0) is 17.1. The molecule has 1 aliphatic rings. The fourth-order valence-corrected chi connectivity index (χ4v) is 2.95. The third-order valence-electron chi connectivity index (χ3n) is 4.21. The van der Waals surface area contributed by atoms with Gasteiger partial charge in [0, 0.05) is 17.9 Å². The Balaban J connectivity index is 1.62. The molecular formula is C19H21N3O2. The van der Waals surface area contributed by atoms with E-state index >= 15 is 0 Å². The molecule has 1 atom stereocenters. The van der Waals surface area contributed by atoms with Gasteiger partial charge in [-0.3, -0.25) is 4.79 Å². The number of hydrogen-bond donors (Lipinski definition) is 2. The van der Waals surface area contributed by atoms with E-state index in [4.69, 9.17) is 0 Å². The number of rotatable bonds is 3. The molecule has 24 heavy (non-hydrogen) atoms. The van der Waals surface area contributed by atoms with Crippen molar-refractivity contribution in [3.63, 3.8) is 0 Å². The van der Waals surface area contributed by atoms with Crippen LogP contribution in [0.5, 0.6) is 0 Å². The van der Waals surface area contributed by atoms with E-state index in [9.17, 15) is 9.59 Å². The van der Waals surface area contributed by atoms with E-state index in [0.29, 0.717) is 13.0 Å². The minimum atomic E-state index is -0.490. The van der Waals surface area contributed by atoms with Gasteiger partial charge in [-0.05, 0) is 44.0 Å². The van der Waals surface area contributed by atoms with E-state index in [1.165, 1.54) is 0 Å². The van der Waals surface area contributed by atoms with Gasteiger partial charge in [0.25, 0.3) is 0 Å². The average molecular weight is 323 g/mol. The largest absolute Gasteiger partial charge is 0.326 e. The smallest absolute Gasteiger partial charge is 0.319 e. The standard InChI is InChI=1S/C19H21N3O2/c1-13-8-9-16(14(2)12-13)20-19(24)21-17-10-11-22(18(17)23)15-6-4-3-5-7-15/h3-9,12,17H,10-11H2,1-2H3,(H2,20,21,24)/t17-/m1/s1. The summed E-state index contributed by atoms with van der Waals surface area (Å²) < 4.78 is 0. The average Bonchev–Trinajstić information content (AvgIpc) is 2.92. The van der Waals surface area contributed by atoms with Gasteiger partial charge in [0.2, 0.25) is 5.91 Å². The number of anilines is 2. The molecule has 1 fully saturated rings. The minimum absolute atomic E-state index is 0.0722. The van der Waals surface area contributed by atoms with Crippen molar-refractivity contribution in [3.8, 4) is 0 Å². The first-order valence-electron chi connectivity index (χ1n) is 8.06. The maximum Gasteiger partial charge on any atom is 0.319 e. The van der Waals surface area contributed by atoms with Gasteiger partial charge < -0.3 is 15.5 Å². The summed E-state index contributed by atoms with van der Waals surface area (Å²) in [4.78, 5) is 26.4. The predicted octanol–water partition coefficient (Wildman–Crippen LogP) is 3.23. The summed E-state index contributed by atoms with van der Waals surface area (Å²) in [5.41, 5.74) is 3.75. The van der Waals surface area contributed by atoms with Gasteiger partial charge in [-0.25, -0.2) is 4.79 Å². The number of carbonyl (C=O) groups excluding carboxylic acids is 2. The normalized spacial score (nSPS) is 17.0. The van der Waals surface area contributed by atoms with Crippen molar-refractivity contribution in [2.45, 2.75) is 26.3 Å². The minimum Gasteiger partial charge on any atom is -0.326 e. The number of para-hydroxylation sites is 1. The topological polar surface area (TPSA) is 61.4 Å². The van der Waals surface area contributed by atoms with Crippen LogP contribution in [0.25, 0.3) is 0 Å². The first-order chi connectivity index (χ1) is 11.5. The van der Waals surface area contributed by atoms with Crippen LogP contribution < -0.4 is 15.5 Å². The molecule has 0 radical (unpaired) electrons. The number of aryl methyl sites for hydroxylation is 2.